The minimum atomic E-state index is -1.88. The van der Waals surface area contributed by atoms with Gasteiger partial charge >= 0.3 is 0 Å². The van der Waals surface area contributed by atoms with Gasteiger partial charge in [0.25, 0.3) is 0 Å². The van der Waals surface area contributed by atoms with Crippen molar-refractivity contribution >= 4 is 69.5 Å². The number of hydrogen-bond acceptors (Lipinski definition) is 1. The molecule has 1 aromatic heterocycles. The van der Waals surface area contributed by atoms with Gasteiger partial charge in [0.2, 0.25) is 6.71 Å². The normalized spacial score (nSPS) is 16.2. The third-order valence-corrected chi connectivity index (χ3v) is 14.1. The molecule has 0 radical (unpaired) electrons. The Balaban J connectivity index is 1.35. The fourth-order valence-electron chi connectivity index (χ4n) is 8.60. The van der Waals surface area contributed by atoms with Crippen LogP contribution in [0.3, 0.4) is 0 Å². The van der Waals surface area contributed by atoms with E-state index in [1.807, 2.05) is 0 Å². The summed E-state index contributed by atoms with van der Waals surface area (Å²) in [7, 11) is -1.88. The van der Waals surface area contributed by atoms with Crippen LogP contribution in [-0.2, 0) is 12.8 Å². The summed E-state index contributed by atoms with van der Waals surface area (Å²) in [5.41, 5.74) is 14.0. The van der Waals surface area contributed by atoms with Gasteiger partial charge in [0.05, 0.1) is 5.52 Å². The Hall–Kier alpha value is -4.28. The zero-order valence-corrected chi connectivity index (χ0v) is 26.0. The van der Waals surface area contributed by atoms with Crippen LogP contribution >= 0.6 is 0 Å². The molecule has 5 aromatic carbocycles. The second-order valence-corrected chi connectivity index (χ2v) is 17.5. The Morgan fingerprint density at radius 1 is 0.605 bits per heavy atom. The highest BCUT2D eigenvalue weighted by Crippen LogP contribution is 2.39. The number of benzene rings is 5. The molecule has 0 bridgehead atoms. The van der Waals surface area contributed by atoms with E-state index in [1.54, 1.807) is 15.9 Å². The van der Waals surface area contributed by atoms with Gasteiger partial charge in [0.1, 0.15) is 8.07 Å². The van der Waals surface area contributed by atoms with Crippen LogP contribution in [0.2, 0.25) is 13.1 Å². The van der Waals surface area contributed by atoms with E-state index in [0.717, 1.165) is 6.42 Å². The molecule has 0 fully saturated rings. The maximum absolute atomic E-state index is 2.59. The largest absolute Gasteiger partial charge is 0.313 e. The SMILES string of the molecule is C[Si]1(C)c2ccccc2B2c3ccc(-n4c5c(c6ccccc64)CCCCC5)cc3N(c3ccccc3)c3cccc1c32. The van der Waals surface area contributed by atoms with Gasteiger partial charge in [-0.15, -0.1) is 0 Å². The molecular formula is C39H35BN2Si. The van der Waals surface area contributed by atoms with Crippen molar-refractivity contribution in [2.45, 2.75) is 45.2 Å². The fraction of sp³-hybridized carbons (Fsp3) is 0.179. The molecule has 9 rings (SSSR count). The van der Waals surface area contributed by atoms with Gasteiger partial charge in [-0.1, -0.05) is 114 Å². The summed E-state index contributed by atoms with van der Waals surface area (Å²) in [4.78, 5) is 2.55. The molecule has 0 saturated carbocycles. The summed E-state index contributed by atoms with van der Waals surface area (Å²) in [6.07, 6.45) is 6.19. The second kappa shape index (κ2) is 9.36. The lowest BCUT2D eigenvalue weighted by atomic mass is 9.35. The molecule has 0 spiro atoms. The van der Waals surface area contributed by atoms with Crippen molar-refractivity contribution in [1.82, 2.24) is 4.57 Å². The average Bonchev–Trinajstić information content (AvgIpc) is 3.17. The van der Waals surface area contributed by atoms with Crippen LogP contribution < -0.4 is 31.7 Å². The van der Waals surface area contributed by atoms with Crippen LogP contribution in [0.5, 0.6) is 0 Å². The molecule has 208 valence electrons. The van der Waals surface area contributed by atoms with E-state index in [1.165, 1.54) is 81.4 Å². The molecule has 3 heterocycles. The highest BCUT2D eigenvalue weighted by Gasteiger charge is 2.46. The van der Waals surface area contributed by atoms with Gasteiger partial charge in [0, 0.05) is 33.8 Å². The molecule has 0 N–H and O–H groups in total. The number of nitrogens with zero attached hydrogens (tertiary/aromatic N) is 2. The number of fused-ring (bicyclic) bond motifs is 7. The molecular weight excluding hydrogens is 535 g/mol. The topological polar surface area (TPSA) is 8.17 Å². The number of aromatic nitrogens is 1. The lowest BCUT2D eigenvalue weighted by Crippen LogP contribution is -2.78. The minimum absolute atomic E-state index is 0.241. The Kier molecular flexibility index (Phi) is 5.49. The van der Waals surface area contributed by atoms with Crippen molar-refractivity contribution in [2.24, 2.45) is 0 Å². The average molecular weight is 571 g/mol. The van der Waals surface area contributed by atoms with Crippen LogP contribution in [0, 0.1) is 0 Å². The number of aryl methyl sites for hydroxylation is 1. The summed E-state index contributed by atoms with van der Waals surface area (Å²) in [6, 6.07) is 43.9. The first kappa shape index (κ1) is 25.2. The van der Waals surface area contributed by atoms with Crippen LogP contribution in [0.4, 0.5) is 17.1 Å². The Morgan fingerprint density at radius 3 is 2.28 bits per heavy atom. The van der Waals surface area contributed by atoms with E-state index in [9.17, 15) is 0 Å². The number of rotatable bonds is 2. The maximum Gasteiger partial charge on any atom is 0.246 e. The zero-order valence-electron chi connectivity index (χ0n) is 25.0. The first-order valence-electron chi connectivity index (χ1n) is 16.0. The van der Waals surface area contributed by atoms with Crippen LogP contribution in [-0.4, -0.2) is 19.4 Å². The summed E-state index contributed by atoms with van der Waals surface area (Å²) >= 11 is 0. The van der Waals surface area contributed by atoms with E-state index in [-0.39, 0.29) is 6.71 Å². The molecule has 0 amide bonds. The Labute approximate surface area is 255 Å². The highest BCUT2D eigenvalue weighted by atomic mass is 28.3. The van der Waals surface area contributed by atoms with Crippen molar-refractivity contribution in [3.63, 3.8) is 0 Å². The van der Waals surface area contributed by atoms with E-state index < -0.39 is 8.07 Å². The van der Waals surface area contributed by atoms with Crippen molar-refractivity contribution in [2.75, 3.05) is 4.90 Å². The zero-order chi connectivity index (χ0) is 28.7. The smallest absolute Gasteiger partial charge is 0.246 e. The lowest BCUT2D eigenvalue weighted by Gasteiger charge is -2.44. The van der Waals surface area contributed by atoms with Gasteiger partial charge in [-0.2, -0.15) is 0 Å². The quantitative estimate of drug-likeness (QED) is 0.174. The Morgan fingerprint density at radius 2 is 1.37 bits per heavy atom. The molecule has 4 heteroatoms. The van der Waals surface area contributed by atoms with Gasteiger partial charge in [0.15, 0.2) is 0 Å². The molecule has 6 aromatic rings. The highest BCUT2D eigenvalue weighted by molar-refractivity contribution is 7.15. The third-order valence-electron chi connectivity index (χ3n) is 10.5. The molecule has 2 nitrogen and oxygen atoms in total. The summed E-state index contributed by atoms with van der Waals surface area (Å²) < 4.78 is 2.59. The lowest BCUT2D eigenvalue weighted by molar-refractivity contribution is 0.704. The maximum atomic E-state index is 2.59. The summed E-state index contributed by atoms with van der Waals surface area (Å²) in [6.45, 7) is 5.31. The predicted molar refractivity (Wildman–Crippen MR) is 187 cm³/mol. The number of hydrogen-bond donors (Lipinski definition) is 0. The van der Waals surface area contributed by atoms with Crippen molar-refractivity contribution < 1.29 is 0 Å². The molecule has 3 aliphatic rings. The van der Waals surface area contributed by atoms with Gasteiger partial charge in [-0.05, 0) is 78.6 Å². The molecule has 43 heavy (non-hydrogen) atoms. The first-order valence-corrected chi connectivity index (χ1v) is 19.0. The molecule has 1 aliphatic carbocycles. The third kappa shape index (κ3) is 3.53. The molecule has 0 saturated heterocycles. The van der Waals surface area contributed by atoms with Gasteiger partial charge in [-0.3, -0.25) is 0 Å². The van der Waals surface area contributed by atoms with Gasteiger partial charge < -0.3 is 9.47 Å². The number of para-hydroxylation sites is 2. The van der Waals surface area contributed by atoms with E-state index >= 15 is 0 Å². The molecule has 0 unspecified atom stereocenters. The monoisotopic (exact) mass is 570 g/mol. The van der Waals surface area contributed by atoms with Crippen molar-refractivity contribution in [1.29, 1.82) is 0 Å². The molecule has 2 aliphatic heterocycles. The van der Waals surface area contributed by atoms with E-state index in [2.05, 4.69) is 138 Å². The minimum Gasteiger partial charge on any atom is -0.313 e. The second-order valence-electron chi connectivity index (χ2n) is 13.1. The van der Waals surface area contributed by atoms with Crippen molar-refractivity contribution in [3.05, 3.63) is 127 Å². The summed E-state index contributed by atoms with van der Waals surface area (Å²) in [5, 5.41) is 4.58. The van der Waals surface area contributed by atoms with Crippen LogP contribution in [0.15, 0.2) is 115 Å². The Bertz CT molecular complexity index is 2060. The van der Waals surface area contributed by atoms with Crippen LogP contribution in [0.25, 0.3) is 16.6 Å². The fourth-order valence-corrected chi connectivity index (χ4v) is 11.8. The predicted octanol–water partition coefficient (Wildman–Crippen LogP) is 6.33. The van der Waals surface area contributed by atoms with Crippen LogP contribution in [0.1, 0.15) is 30.5 Å². The molecule has 0 atom stereocenters. The first-order chi connectivity index (χ1) is 21.1. The van der Waals surface area contributed by atoms with E-state index in [0.29, 0.717) is 0 Å². The van der Waals surface area contributed by atoms with E-state index in [4.69, 9.17) is 0 Å². The summed E-state index contributed by atoms with van der Waals surface area (Å²) in [5.74, 6) is 0. The number of anilines is 3. The van der Waals surface area contributed by atoms with Crippen molar-refractivity contribution in [3.8, 4) is 5.69 Å². The van der Waals surface area contributed by atoms with Gasteiger partial charge in [-0.25, -0.2) is 0 Å². The standard InChI is InChI=1S/C39H35BN2Si/c1-43(2)37-22-12-10-18-32(37)40-31-25-24-28(42-33-19-8-4-7-16-29(33)30-17-9-11-20-34(30)42)26-36(31)41(27-14-5-3-6-15-27)35-21-13-23-38(43)39(35)40/h3,5-6,9-15,17-18,20-26H,4,7-8,16,19H2,1-2H3.